The molecule has 0 unspecified atom stereocenters. The predicted molar refractivity (Wildman–Crippen MR) is 77.4 cm³/mol. The predicted octanol–water partition coefficient (Wildman–Crippen LogP) is 2.06. The van der Waals surface area contributed by atoms with Crippen LogP contribution in [0.4, 0.5) is 0 Å². The molecule has 114 valence electrons. The molecule has 0 aliphatic carbocycles. The summed E-state index contributed by atoms with van der Waals surface area (Å²) in [5, 5.41) is 0. The molecule has 0 radical (unpaired) electrons. The van der Waals surface area contributed by atoms with Crippen LogP contribution in [0, 0.1) is 0 Å². The second kappa shape index (κ2) is 6.03. The highest BCUT2D eigenvalue weighted by Crippen LogP contribution is 2.31. The average molecular weight is 291 g/mol. The minimum Gasteiger partial charge on any atom is -0.497 e. The van der Waals surface area contributed by atoms with Gasteiger partial charge in [-0.25, -0.2) is 0 Å². The van der Waals surface area contributed by atoms with Crippen LogP contribution in [0.2, 0.25) is 0 Å². The van der Waals surface area contributed by atoms with Gasteiger partial charge >= 0.3 is 0 Å². The molecule has 0 aromatic heterocycles. The molecule has 0 saturated carbocycles. The molecule has 0 N–H and O–H groups in total. The third-order valence-electron chi connectivity index (χ3n) is 4.15. The Morgan fingerprint density at radius 2 is 1.95 bits per heavy atom. The number of piperidine rings is 1. The molecule has 2 aliphatic rings. The van der Waals surface area contributed by atoms with Gasteiger partial charge in [-0.2, -0.15) is 0 Å². The van der Waals surface area contributed by atoms with Crippen LogP contribution in [0.15, 0.2) is 24.3 Å². The number of ether oxygens (including phenoxy) is 3. The van der Waals surface area contributed by atoms with Gasteiger partial charge in [0.05, 0.1) is 20.3 Å². The number of benzene rings is 1. The molecule has 2 fully saturated rings. The van der Waals surface area contributed by atoms with Crippen LogP contribution in [0.5, 0.6) is 5.75 Å². The summed E-state index contributed by atoms with van der Waals surface area (Å²) in [6.45, 7) is 2.83. The van der Waals surface area contributed by atoms with Crippen LogP contribution >= 0.6 is 0 Å². The summed E-state index contributed by atoms with van der Waals surface area (Å²) < 4.78 is 16.8. The topological polar surface area (TPSA) is 48.0 Å². The van der Waals surface area contributed by atoms with Crippen molar-refractivity contribution in [2.45, 2.75) is 25.0 Å². The molecule has 2 saturated heterocycles. The summed E-state index contributed by atoms with van der Waals surface area (Å²) in [7, 11) is 1.60. The van der Waals surface area contributed by atoms with Gasteiger partial charge in [-0.15, -0.1) is 0 Å². The van der Waals surface area contributed by atoms with E-state index in [2.05, 4.69) is 0 Å². The third-order valence-corrected chi connectivity index (χ3v) is 4.15. The Kier molecular flexibility index (Phi) is 4.12. The van der Waals surface area contributed by atoms with E-state index in [4.69, 9.17) is 14.2 Å². The first kappa shape index (κ1) is 14.4. The van der Waals surface area contributed by atoms with E-state index in [0.29, 0.717) is 24.4 Å². The van der Waals surface area contributed by atoms with Crippen molar-refractivity contribution < 1.29 is 19.0 Å². The highest BCUT2D eigenvalue weighted by atomic mass is 16.7. The molecular weight excluding hydrogens is 270 g/mol. The molecule has 3 rings (SSSR count). The zero-order valence-corrected chi connectivity index (χ0v) is 12.3. The SMILES string of the molecule is COc1cccc(C(=O)N2CCC3(CC2)OCCCO3)c1. The van der Waals surface area contributed by atoms with E-state index in [0.717, 1.165) is 32.5 Å². The van der Waals surface area contributed by atoms with Crippen LogP contribution in [-0.2, 0) is 9.47 Å². The minimum absolute atomic E-state index is 0.0413. The van der Waals surface area contributed by atoms with E-state index in [1.807, 2.05) is 23.1 Å². The van der Waals surface area contributed by atoms with E-state index < -0.39 is 5.79 Å². The van der Waals surface area contributed by atoms with Gasteiger partial charge in [0.2, 0.25) is 0 Å². The van der Waals surface area contributed by atoms with Crippen molar-refractivity contribution in [3.05, 3.63) is 29.8 Å². The van der Waals surface area contributed by atoms with Gasteiger partial charge in [0.1, 0.15) is 5.75 Å². The molecular formula is C16H21NO4. The van der Waals surface area contributed by atoms with Gasteiger partial charge < -0.3 is 19.1 Å². The lowest BCUT2D eigenvalue weighted by atomic mass is 10.0. The molecule has 1 aromatic rings. The summed E-state index contributed by atoms with van der Waals surface area (Å²) in [4.78, 5) is 14.4. The summed E-state index contributed by atoms with van der Waals surface area (Å²) in [5.41, 5.74) is 0.663. The number of hydrogen-bond donors (Lipinski definition) is 0. The number of carbonyl (C=O) groups excluding carboxylic acids is 1. The van der Waals surface area contributed by atoms with E-state index in [1.165, 1.54) is 0 Å². The van der Waals surface area contributed by atoms with E-state index in [1.54, 1.807) is 13.2 Å². The number of amides is 1. The fourth-order valence-corrected chi connectivity index (χ4v) is 2.89. The van der Waals surface area contributed by atoms with Crippen LogP contribution in [0.1, 0.15) is 29.6 Å². The summed E-state index contributed by atoms with van der Waals surface area (Å²) in [6, 6.07) is 7.28. The Bertz CT molecular complexity index is 501. The van der Waals surface area contributed by atoms with Crippen molar-refractivity contribution in [1.82, 2.24) is 4.90 Å². The van der Waals surface area contributed by atoms with Gasteiger partial charge in [-0.3, -0.25) is 4.79 Å². The second-order valence-electron chi connectivity index (χ2n) is 5.49. The maximum atomic E-state index is 12.5. The molecule has 0 bridgehead atoms. The molecule has 1 aromatic carbocycles. The molecule has 1 amide bonds. The Labute approximate surface area is 124 Å². The number of nitrogens with zero attached hydrogens (tertiary/aromatic N) is 1. The fraction of sp³-hybridized carbons (Fsp3) is 0.562. The summed E-state index contributed by atoms with van der Waals surface area (Å²) >= 11 is 0. The van der Waals surface area contributed by atoms with Gasteiger partial charge in [-0.05, 0) is 24.6 Å². The fourth-order valence-electron chi connectivity index (χ4n) is 2.89. The van der Waals surface area contributed by atoms with E-state index >= 15 is 0 Å². The lowest BCUT2D eigenvalue weighted by molar-refractivity contribution is -0.281. The Morgan fingerprint density at radius 1 is 1.24 bits per heavy atom. The number of methoxy groups -OCH3 is 1. The maximum Gasteiger partial charge on any atom is 0.253 e. The van der Waals surface area contributed by atoms with Crippen LogP contribution in [0.3, 0.4) is 0 Å². The number of rotatable bonds is 2. The molecule has 21 heavy (non-hydrogen) atoms. The van der Waals surface area contributed by atoms with Crippen molar-refractivity contribution in [3.63, 3.8) is 0 Å². The third kappa shape index (κ3) is 3.04. The summed E-state index contributed by atoms with van der Waals surface area (Å²) in [5.74, 6) is 0.288. The van der Waals surface area contributed by atoms with Crippen LogP contribution in [-0.4, -0.2) is 50.0 Å². The minimum atomic E-state index is -0.455. The van der Waals surface area contributed by atoms with Gasteiger partial charge in [0.15, 0.2) is 5.79 Å². The largest absolute Gasteiger partial charge is 0.497 e. The van der Waals surface area contributed by atoms with Gasteiger partial charge in [0.25, 0.3) is 5.91 Å². The average Bonchev–Trinajstić information content (AvgIpc) is 2.56. The highest BCUT2D eigenvalue weighted by Gasteiger charge is 2.39. The lowest BCUT2D eigenvalue weighted by Crippen LogP contribution is -2.51. The number of likely N-dealkylation sites (tertiary alicyclic amines) is 1. The Hall–Kier alpha value is -1.59. The van der Waals surface area contributed by atoms with E-state index in [9.17, 15) is 4.79 Å². The Morgan fingerprint density at radius 3 is 2.62 bits per heavy atom. The molecule has 2 aliphatic heterocycles. The first-order valence-corrected chi connectivity index (χ1v) is 7.44. The van der Waals surface area contributed by atoms with Gasteiger partial charge in [-0.1, -0.05) is 6.07 Å². The second-order valence-corrected chi connectivity index (χ2v) is 5.49. The lowest BCUT2D eigenvalue weighted by Gasteiger charge is -2.43. The number of hydrogen-bond acceptors (Lipinski definition) is 4. The monoisotopic (exact) mass is 291 g/mol. The quantitative estimate of drug-likeness (QED) is 0.837. The van der Waals surface area contributed by atoms with Crippen LogP contribution in [0.25, 0.3) is 0 Å². The zero-order chi connectivity index (χ0) is 14.7. The summed E-state index contributed by atoms with van der Waals surface area (Å²) in [6.07, 6.45) is 2.43. The Balaban J connectivity index is 1.64. The first-order chi connectivity index (χ1) is 10.2. The molecule has 5 nitrogen and oxygen atoms in total. The van der Waals surface area contributed by atoms with Crippen LogP contribution < -0.4 is 4.74 Å². The molecule has 1 spiro atoms. The van der Waals surface area contributed by atoms with Crippen molar-refractivity contribution >= 4 is 5.91 Å². The molecule has 2 heterocycles. The zero-order valence-electron chi connectivity index (χ0n) is 12.3. The maximum absolute atomic E-state index is 12.5. The molecule has 0 atom stereocenters. The molecule has 5 heteroatoms. The normalized spacial score (nSPS) is 21.3. The van der Waals surface area contributed by atoms with E-state index in [-0.39, 0.29) is 5.91 Å². The van der Waals surface area contributed by atoms with Crippen molar-refractivity contribution in [3.8, 4) is 5.75 Å². The number of carbonyl (C=O) groups is 1. The standard InChI is InChI=1S/C16H21NO4/c1-19-14-5-2-4-13(12-14)15(18)17-8-6-16(7-9-17)20-10-3-11-21-16/h2,4-5,12H,3,6-11H2,1H3. The van der Waals surface area contributed by atoms with Crippen molar-refractivity contribution in [2.24, 2.45) is 0 Å². The first-order valence-electron chi connectivity index (χ1n) is 7.44. The van der Waals surface area contributed by atoms with Gasteiger partial charge in [0, 0.05) is 31.5 Å². The smallest absolute Gasteiger partial charge is 0.253 e. The van der Waals surface area contributed by atoms with Crippen molar-refractivity contribution in [2.75, 3.05) is 33.4 Å². The highest BCUT2D eigenvalue weighted by molar-refractivity contribution is 5.94. The van der Waals surface area contributed by atoms with Crippen molar-refractivity contribution in [1.29, 1.82) is 0 Å².